The molecule has 4 heteroatoms. The molecule has 0 amide bonds. The predicted octanol–water partition coefficient (Wildman–Crippen LogP) is -1.12. The van der Waals surface area contributed by atoms with Crippen molar-refractivity contribution in [2.75, 3.05) is 33.7 Å². The lowest BCUT2D eigenvalue weighted by atomic mass is 10.8. The number of nitrogens with zero attached hydrogens (tertiary/aromatic N) is 3. The first-order valence-electron chi connectivity index (χ1n) is 3.25. The summed E-state index contributed by atoms with van der Waals surface area (Å²) in [6.45, 7) is 4.19. The zero-order valence-corrected chi connectivity index (χ0v) is 5.67. The van der Waals surface area contributed by atoms with E-state index in [1.165, 1.54) is 0 Å². The van der Waals surface area contributed by atoms with Crippen LogP contribution in [-0.2, 0) is 0 Å². The highest BCUT2D eigenvalue weighted by Gasteiger charge is 2.28. The molecule has 0 unspecified atom stereocenters. The molecule has 0 atom stereocenters. The van der Waals surface area contributed by atoms with E-state index in [9.17, 15) is 0 Å². The first-order valence-corrected chi connectivity index (χ1v) is 3.25. The predicted molar refractivity (Wildman–Crippen MR) is 34.0 cm³/mol. The Balaban J connectivity index is 2.02. The van der Waals surface area contributed by atoms with Gasteiger partial charge in [-0.2, -0.15) is 0 Å². The van der Waals surface area contributed by atoms with E-state index in [4.69, 9.17) is 0 Å². The molecule has 2 saturated heterocycles. The molecule has 2 heterocycles. The average molecular weight is 128 g/mol. The molecule has 0 radical (unpaired) electrons. The minimum absolute atomic E-state index is 1.02. The van der Waals surface area contributed by atoms with E-state index in [1.54, 1.807) is 0 Å². The van der Waals surface area contributed by atoms with Gasteiger partial charge in [-0.15, -0.1) is 0 Å². The third-order valence-electron chi connectivity index (χ3n) is 1.80. The van der Waals surface area contributed by atoms with Crippen molar-refractivity contribution in [2.45, 2.75) is 0 Å². The Labute approximate surface area is 55.0 Å². The molecular weight excluding hydrogens is 116 g/mol. The van der Waals surface area contributed by atoms with Crippen LogP contribution in [0.25, 0.3) is 0 Å². The Hall–Kier alpha value is -0.160. The molecule has 0 spiro atoms. The lowest BCUT2D eigenvalue weighted by Crippen LogP contribution is -2.28. The summed E-state index contributed by atoms with van der Waals surface area (Å²) >= 11 is 0. The Morgan fingerprint density at radius 3 is 2.22 bits per heavy atom. The van der Waals surface area contributed by atoms with Crippen LogP contribution >= 0.6 is 0 Å². The molecule has 9 heavy (non-hydrogen) atoms. The highest BCUT2D eigenvalue weighted by atomic mass is 15.8. The van der Waals surface area contributed by atoms with Gasteiger partial charge < -0.3 is 0 Å². The second kappa shape index (κ2) is 1.91. The average Bonchev–Trinajstić information content (AvgIpc) is 2.22. The van der Waals surface area contributed by atoms with Gasteiger partial charge in [0, 0.05) is 0 Å². The quantitative estimate of drug-likeness (QED) is 0.446. The van der Waals surface area contributed by atoms with Gasteiger partial charge >= 0.3 is 0 Å². The van der Waals surface area contributed by atoms with Crippen LogP contribution in [-0.4, -0.2) is 48.6 Å². The summed E-state index contributed by atoms with van der Waals surface area (Å²) in [6, 6.07) is 0. The lowest BCUT2D eigenvalue weighted by molar-refractivity contribution is 0.0894. The maximum absolute atomic E-state index is 3.27. The Kier molecular flexibility index (Phi) is 1.19. The van der Waals surface area contributed by atoms with E-state index in [0.717, 1.165) is 26.7 Å². The van der Waals surface area contributed by atoms with Crippen LogP contribution in [0.15, 0.2) is 0 Å². The maximum atomic E-state index is 3.27. The minimum Gasteiger partial charge on any atom is -0.289 e. The van der Waals surface area contributed by atoms with Crippen molar-refractivity contribution in [3.8, 4) is 0 Å². The van der Waals surface area contributed by atoms with Gasteiger partial charge in [-0.3, -0.25) is 10.2 Å². The van der Waals surface area contributed by atoms with E-state index in [2.05, 4.69) is 27.3 Å². The van der Waals surface area contributed by atoms with Gasteiger partial charge in [0.1, 0.15) is 0 Å². The standard InChI is InChI=1S/C5H12N4/c1-7-4-8-2-6-3-9(8)5-7/h6H,2-5H2,1H3. The molecule has 2 rings (SSSR count). The number of hydrogen-bond acceptors (Lipinski definition) is 4. The van der Waals surface area contributed by atoms with Crippen molar-refractivity contribution < 1.29 is 0 Å². The van der Waals surface area contributed by atoms with Crippen LogP contribution in [0, 0.1) is 0 Å². The first-order chi connectivity index (χ1) is 4.36. The van der Waals surface area contributed by atoms with Crippen molar-refractivity contribution in [1.29, 1.82) is 0 Å². The van der Waals surface area contributed by atoms with Crippen LogP contribution in [0.3, 0.4) is 0 Å². The molecule has 0 aromatic heterocycles. The Morgan fingerprint density at radius 1 is 1.11 bits per heavy atom. The molecule has 0 aliphatic carbocycles. The van der Waals surface area contributed by atoms with Crippen molar-refractivity contribution in [1.82, 2.24) is 20.2 Å². The monoisotopic (exact) mass is 128 g/mol. The fourth-order valence-electron chi connectivity index (χ4n) is 1.39. The van der Waals surface area contributed by atoms with Gasteiger partial charge in [0.05, 0.1) is 26.7 Å². The zero-order chi connectivity index (χ0) is 6.27. The van der Waals surface area contributed by atoms with Crippen molar-refractivity contribution >= 4 is 0 Å². The summed E-state index contributed by atoms with van der Waals surface area (Å²) in [4.78, 5) is 2.29. The van der Waals surface area contributed by atoms with Crippen LogP contribution in [0.1, 0.15) is 0 Å². The molecule has 52 valence electrons. The molecule has 4 nitrogen and oxygen atoms in total. The highest BCUT2D eigenvalue weighted by molar-refractivity contribution is 4.68. The topological polar surface area (TPSA) is 21.8 Å². The first kappa shape index (κ1) is 5.61. The molecule has 0 aromatic rings. The SMILES string of the molecule is CN1CN2CNCN2C1. The second-order valence-corrected chi connectivity index (χ2v) is 2.72. The van der Waals surface area contributed by atoms with E-state index < -0.39 is 0 Å². The summed E-state index contributed by atoms with van der Waals surface area (Å²) < 4.78 is 0. The van der Waals surface area contributed by atoms with Gasteiger partial charge in [0.25, 0.3) is 0 Å². The van der Waals surface area contributed by atoms with Crippen molar-refractivity contribution in [2.24, 2.45) is 0 Å². The summed E-state index contributed by atoms with van der Waals surface area (Å²) in [5, 5.41) is 7.88. The van der Waals surface area contributed by atoms with Gasteiger partial charge in [0.15, 0.2) is 0 Å². The smallest absolute Gasteiger partial charge is 0.0672 e. The number of rotatable bonds is 0. The lowest BCUT2D eigenvalue weighted by Gasteiger charge is -2.12. The second-order valence-electron chi connectivity index (χ2n) is 2.72. The molecule has 0 saturated carbocycles. The molecule has 0 aromatic carbocycles. The number of fused-ring (bicyclic) bond motifs is 1. The van der Waals surface area contributed by atoms with Gasteiger partial charge in [0.2, 0.25) is 0 Å². The van der Waals surface area contributed by atoms with Crippen molar-refractivity contribution in [3.05, 3.63) is 0 Å². The Bertz CT molecular complexity index is 104. The van der Waals surface area contributed by atoms with Gasteiger partial charge in [-0.05, 0) is 7.05 Å². The van der Waals surface area contributed by atoms with Gasteiger partial charge in [-0.25, -0.2) is 10.0 Å². The summed E-state index contributed by atoms with van der Waals surface area (Å²) in [6.07, 6.45) is 0. The fourth-order valence-corrected chi connectivity index (χ4v) is 1.39. The zero-order valence-electron chi connectivity index (χ0n) is 5.67. The van der Waals surface area contributed by atoms with Crippen LogP contribution < -0.4 is 5.32 Å². The van der Waals surface area contributed by atoms with Crippen molar-refractivity contribution in [3.63, 3.8) is 0 Å². The fraction of sp³-hybridized carbons (Fsp3) is 1.00. The summed E-state index contributed by atoms with van der Waals surface area (Å²) in [5.41, 5.74) is 0. The third kappa shape index (κ3) is 0.840. The molecule has 2 aliphatic rings. The number of hydrazine groups is 1. The molecule has 2 fully saturated rings. The summed E-state index contributed by atoms with van der Waals surface area (Å²) in [7, 11) is 2.14. The highest BCUT2D eigenvalue weighted by Crippen LogP contribution is 2.10. The molecular formula is C5H12N4. The van der Waals surface area contributed by atoms with E-state index in [0.29, 0.717) is 0 Å². The maximum Gasteiger partial charge on any atom is 0.0672 e. The Morgan fingerprint density at radius 2 is 1.67 bits per heavy atom. The van der Waals surface area contributed by atoms with E-state index in [-0.39, 0.29) is 0 Å². The van der Waals surface area contributed by atoms with E-state index >= 15 is 0 Å². The van der Waals surface area contributed by atoms with Crippen LogP contribution in [0.2, 0.25) is 0 Å². The molecule has 1 N–H and O–H groups in total. The van der Waals surface area contributed by atoms with Crippen LogP contribution in [0.4, 0.5) is 0 Å². The number of nitrogens with one attached hydrogen (secondary N) is 1. The minimum atomic E-state index is 1.02. The molecule has 0 bridgehead atoms. The number of hydrogen-bond donors (Lipinski definition) is 1. The van der Waals surface area contributed by atoms with Crippen LogP contribution in [0.5, 0.6) is 0 Å². The van der Waals surface area contributed by atoms with Gasteiger partial charge in [-0.1, -0.05) is 0 Å². The largest absolute Gasteiger partial charge is 0.289 e. The third-order valence-corrected chi connectivity index (χ3v) is 1.80. The normalized spacial score (nSPS) is 31.7. The van der Waals surface area contributed by atoms with E-state index in [1.807, 2.05) is 0 Å². The molecule has 2 aliphatic heterocycles. The summed E-state index contributed by atoms with van der Waals surface area (Å²) in [5.74, 6) is 0.